The fraction of sp³-hybridized carbons (Fsp3) is 0.200. The van der Waals surface area contributed by atoms with Crippen molar-refractivity contribution in [2.75, 3.05) is 5.73 Å². The number of anilines is 1. The molecule has 0 saturated heterocycles. The van der Waals surface area contributed by atoms with Gasteiger partial charge in [-0.3, -0.25) is 4.57 Å². The molecule has 3 rings (SSSR count). The van der Waals surface area contributed by atoms with Crippen molar-refractivity contribution in [2.45, 2.75) is 20.8 Å². The van der Waals surface area contributed by atoms with Crippen LogP contribution in [0.4, 0.5) is 5.95 Å². The van der Waals surface area contributed by atoms with Crippen LogP contribution in [0.25, 0.3) is 16.9 Å². The first-order valence-electron chi connectivity index (χ1n) is 6.35. The van der Waals surface area contributed by atoms with Crippen molar-refractivity contribution in [2.24, 2.45) is 0 Å². The maximum Gasteiger partial charge on any atom is 0.207 e. The Morgan fingerprint density at radius 3 is 2.40 bits per heavy atom. The smallest absolute Gasteiger partial charge is 0.207 e. The minimum Gasteiger partial charge on any atom is -0.369 e. The lowest BCUT2D eigenvalue weighted by atomic mass is 10.1. The van der Waals surface area contributed by atoms with Gasteiger partial charge >= 0.3 is 0 Å². The normalized spacial score (nSPS) is 11.2. The van der Waals surface area contributed by atoms with Crippen LogP contribution in [0.2, 0.25) is 0 Å². The molecule has 0 spiro atoms. The third kappa shape index (κ3) is 1.89. The van der Waals surface area contributed by atoms with E-state index < -0.39 is 0 Å². The standard InChI is InChI=1S/C15H15BrN4/c1-8-4-5-18-14-13(8)19-15(17)20(14)11-6-9(2)12(16)10(3)7-11/h4-7H,1-3H3,(H2,17,19). The van der Waals surface area contributed by atoms with Crippen LogP contribution in [-0.4, -0.2) is 14.5 Å². The Kier molecular flexibility index (Phi) is 3.01. The number of hydrogen-bond acceptors (Lipinski definition) is 3. The number of rotatable bonds is 1. The number of nitrogens with zero attached hydrogens (tertiary/aromatic N) is 3. The van der Waals surface area contributed by atoms with E-state index in [-0.39, 0.29) is 0 Å². The van der Waals surface area contributed by atoms with E-state index in [0.717, 1.165) is 38.0 Å². The van der Waals surface area contributed by atoms with Crippen LogP contribution in [0.5, 0.6) is 0 Å². The first-order chi connectivity index (χ1) is 9.49. The average Bonchev–Trinajstić information content (AvgIpc) is 2.73. The van der Waals surface area contributed by atoms with E-state index in [1.165, 1.54) is 0 Å². The highest BCUT2D eigenvalue weighted by Gasteiger charge is 2.14. The highest BCUT2D eigenvalue weighted by Crippen LogP contribution is 2.28. The molecular formula is C15H15BrN4. The van der Waals surface area contributed by atoms with Crippen LogP contribution in [-0.2, 0) is 0 Å². The van der Waals surface area contributed by atoms with Crippen LogP contribution in [0.1, 0.15) is 16.7 Å². The van der Waals surface area contributed by atoms with E-state index in [4.69, 9.17) is 5.73 Å². The summed E-state index contributed by atoms with van der Waals surface area (Å²) < 4.78 is 3.02. The Labute approximate surface area is 125 Å². The lowest BCUT2D eigenvalue weighted by Gasteiger charge is -2.10. The zero-order valence-electron chi connectivity index (χ0n) is 11.6. The first-order valence-corrected chi connectivity index (χ1v) is 7.15. The predicted octanol–water partition coefficient (Wildman–Crippen LogP) is 3.69. The van der Waals surface area contributed by atoms with Crippen molar-refractivity contribution >= 4 is 33.0 Å². The number of aryl methyl sites for hydroxylation is 3. The molecule has 0 radical (unpaired) electrons. The molecule has 0 amide bonds. The summed E-state index contributed by atoms with van der Waals surface area (Å²) in [5.41, 5.74) is 12.1. The summed E-state index contributed by atoms with van der Waals surface area (Å²) in [6.45, 7) is 6.14. The fourth-order valence-electron chi connectivity index (χ4n) is 2.42. The van der Waals surface area contributed by atoms with Crippen LogP contribution < -0.4 is 5.73 Å². The highest BCUT2D eigenvalue weighted by molar-refractivity contribution is 9.10. The molecule has 3 aromatic rings. The fourth-order valence-corrected chi connectivity index (χ4v) is 2.65. The Bertz CT molecular complexity index is 797. The maximum absolute atomic E-state index is 6.09. The molecule has 102 valence electrons. The molecule has 2 aromatic heterocycles. The van der Waals surface area contributed by atoms with Crippen molar-refractivity contribution in [3.8, 4) is 5.69 Å². The topological polar surface area (TPSA) is 56.7 Å². The minimum absolute atomic E-state index is 0.461. The third-order valence-corrected chi connectivity index (χ3v) is 4.70. The molecule has 2 heterocycles. The number of benzene rings is 1. The number of nitrogen functional groups attached to an aromatic ring is 1. The molecule has 4 nitrogen and oxygen atoms in total. The molecule has 0 saturated carbocycles. The number of hydrogen-bond donors (Lipinski definition) is 1. The molecule has 20 heavy (non-hydrogen) atoms. The summed E-state index contributed by atoms with van der Waals surface area (Å²) >= 11 is 3.58. The molecule has 0 bridgehead atoms. The van der Waals surface area contributed by atoms with Gasteiger partial charge in [0.05, 0.1) is 5.69 Å². The van der Waals surface area contributed by atoms with Crippen LogP contribution in [0.15, 0.2) is 28.9 Å². The van der Waals surface area contributed by atoms with Crippen molar-refractivity contribution < 1.29 is 0 Å². The third-order valence-electron chi connectivity index (χ3n) is 3.45. The second-order valence-corrected chi connectivity index (χ2v) is 5.79. The van der Waals surface area contributed by atoms with E-state index in [0.29, 0.717) is 5.95 Å². The summed E-state index contributed by atoms with van der Waals surface area (Å²) in [7, 11) is 0. The Morgan fingerprint density at radius 1 is 1.10 bits per heavy atom. The van der Waals surface area contributed by atoms with Crippen molar-refractivity contribution in [3.05, 3.63) is 45.6 Å². The van der Waals surface area contributed by atoms with Gasteiger partial charge in [0.2, 0.25) is 5.95 Å². The Morgan fingerprint density at radius 2 is 1.75 bits per heavy atom. The van der Waals surface area contributed by atoms with Crippen molar-refractivity contribution in [3.63, 3.8) is 0 Å². The Balaban J connectivity index is 2.35. The monoisotopic (exact) mass is 330 g/mol. The molecule has 0 aliphatic heterocycles. The maximum atomic E-state index is 6.09. The van der Waals surface area contributed by atoms with Gasteiger partial charge in [0.25, 0.3) is 0 Å². The largest absolute Gasteiger partial charge is 0.369 e. The molecule has 1 aromatic carbocycles. The molecular weight excluding hydrogens is 316 g/mol. The van der Waals surface area contributed by atoms with Gasteiger partial charge in [-0.25, -0.2) is 9.97 Å². The minimum atomic E-state index is 0.461. The van der Waals surface area contributed by atoms with Gasteiger partial charge in [0.15, 0.2) is 5.65 Å². The molecule has 0 aliphatic rings. The molecule has 0 aliphatic carbocycles. The van der Waals surface area contributed by atoms with Crippen LogP contribution in [0.3, 0.4) is 0 Å². The zero-order valence-corrected chi connectivity index (χ0v) is 13.2. The quantitative estimate of drug-likeness (QED) is 0.740. The lowest BCUT2D eigenvalue weighted by Crippen LogP contribution is -2.02. The number of fused-ring (bicyclic) bond motifs is 1. The van der Waals surface area contributed by atoms with Gasteiger partial charge in [0, 0.05) is 10.7 Å². The summed E-state index contributed by atoms with van der Waals surface area (Å²) in [6, 6.07) is 6.11. The van der Waals surface area contributed by atoms with Gasteiger partial charge in [-0.1, -0.05) is 15.9 Å². The zero-order chi connectivity index (χ0) is 14.4. The Hall–Kier alpha value is -1.88. The summed E-state index contributed by atoms with van der Waals surface area (Å²) in [4.78, 5) is 8.87. The van der Waals surface area contributed by atoms with E-state index in [1.807, 2.05) is 17.6 Å². The summed E-state index contributed by atoms with van der Waals surface area (Å²) in [5, 5.41) is 0. The van der Waals surface area contributed by atoms with Gasteiger partial charge in [0.1, 0.15) is 5.52 Å². The van der Waals surface area contributed by atoms with E-state index in [1.54, 1.807) is 6.20 Å². The average molecular weight is 331 g/mol. The first kappa shape index (κ1) is 13.1. The molecule has 2 N–H and O–H groups in total. The second-order valence-electron chi connectivity index (χ2n) is 5.00. The lowest BCUT2D eigenvalue weighted by molar-refractivity contribution is 1.07. The number of halogens is 1. The van der Waals surface area contributed by atoms with Crippen LogP contribution >= 0.6 is 15.9 Å². The van der Waals surface area contributed by atoms with E-state index in [9.17, 15) is 0 Å². The molecule has 5 heteroatoms. The van der Waals surface area contributed by atoms with Gasteiger partial charge in [-0.15, -0.1) is 0 Å². The molecule has 0 fully saturated rings. The SMILES string of the molecule is Cc1cc(-n2c(N)nc3c(C)ccnc32)cc(C)c1Br. The van der Waals surface area contributed by atoms with Crippen molar-refractivity contribution in [1.82, 2.24) is 14.5 Å². The highest BCUT2D eigenvalue weighted by atomic mass is 79.9. The van der Waals surface area contributed by atoms with Crippen LogP contribution in [0, 0.1) is 20.8 Å². The summed E-state index contributed by atoms with van der Waals surface area (Å²) in [6.07, 6.45) is 1.79. The van der Waals surface area contributed by atoms with Crippen molar-refractivity contribution in [1.29, 1.82) is 0 Å². The summed E-state index contributed by atoms with van der Waals surface area (Å²) in [5.74, 6) is 0.461. The van der Waals surface area contributed by atoms with E-state index in [2.05, 4.69) is 51.9 Å². The number of aromatic nitrogens is 3. The van der Waals surface area contributed by atoms with Gasteiger partial charge < -0.3 is 5.73 Å². The second kappa shape index (κ2) is 4.59. The van der Waals surface area contributed by atoms with Gasteiger partial charge in [-0.2, -0.15) is 0 Å². The number of pyridine rings is 1. The molecule has 0 unspecified atom stereocenters. The predicted molar refractivity (Wildman–Crippen MR) is 85.2 cm³/mol. The number of imidazole rings is 1. The van der Waals surface area contributed by atoms with E-state index >= 15 is 0 Å². The number of nitrogens with two attached hydrogens (primary N) is 1. The molecule has 0 atom stereocenters. The van der Waals surface area contributed by atoms with Gasteiger partial charge in [-0.05, 0) is 55.7 Å².